The number of nitriles is 1. The lowest BCUT2D eigenvalue weighted by atomic mass is 10.1. The van der Waals surface area contributed by atoms with Gasteiger partial charge in [0.25, 0.3) is 0 Å². The molecule has 3 nitrogen and oxygen atoms in total. The number of hydrogen-bond donors (Lipinski definition) is 0. The molecule has 3 rings (SSSR count). The highest BCUT2D eigenvalue weighted by Gasteiger charge is 2.25. The molecule has 0 saturated heterocycles. The third-order valence-corrected chi connectivity index (χ3v) is 3.60. The van der Waals surface area contributed by atoms with Gasteiger partial charge in [-0.05, 0) is 30.9 Å². The zero-order valence-corrected chi connectivity index (χ0v) is 11.2. The van der Waals surface area contributed by atoms with Crippen molar-refractivity contribution in [3.8, 4) is 18.4 Å². The number of hydrogen-bond acceptors (Lipinski definition) is 3. The minimum absolute atomic E-state index is 0.534. The fourth-order valence-corrected chi connectivity index (χ4v) is 2.38. The second-order valence-corrected chi connectivity index (χ2v) is 5.18. The van der Waals surface area contributed by atoms with Crippen LogP contribution in [0.15, 0.2) is 30.3 Å². The zero-order chi connectivity index (χ0) is 13.9. The quantitative estimate of drug-likeness (QED) is 0.794. The second-order valence-electron chi connectivity index (χ2n) is 5.18. The summed E-state index contributed by atoms with van der Waals surface area (Å²) in [6.07, 6.45) is 7.99. The summed E-state index contributed by atoms with van der Waals surface area (Å²) in [6, 6.07) is 11.8. The van der Waals surface area contributed by atoms with Crippen LogP contribution in [0.5, 0.6) is 0 Å². The lowest BCUT2D eigenvalue weighted by molar-refractivity contribution is 0.756. The van der Waals surface area contributed by atoms with Gasteiger partial charge in [0, 0.05) is 11.9 Å². The van der Waals surface area contributed by atoms with Gasteiger partial charge in [-0.3, -0.25) is 0 Å². The Morgan fingerprint density at radius 2 is 2.15 bits per heavy atom. The van der Waals surface area contributed by atoms with Gasteiger partial charge in [-0.15, -0.1) is 6.42 Å². The van der Waals surface area contributed by atoms with Gasteiger partial charge in [0.2, 0.25) is 0 Å². The molecule has 0 N–H and O–H groups in total. The van der Waals surface area contributed by atoms with Crippen LogP contribution in [0.25, 0.3) is 10.9 Å². The maximum Gasteiger partial charge on any atom is 0.131 e. The molecule has 0 spiro atoms. The van der Waals surface area contributed by atoms with Gasteiger partial charge in [-0.25, -0.2) is 4.98 Å². The van der Waals surface area contributed by atoms with Crippen molar-refractivity contribution in [3.05, 3.63) is 35.9 Å². The van der Waals surface area contributed by atoms with E-state index in [4.69, 9.17) is 6.42 Å². The largest absolute Gasteiger partial charge is 0.345 e. The van der Waals surface area contributed by atoms with Crippen LogP contribution in [-0.4, -0.2) is 18.1 Å². The molecule has 1 aliphatic rings. The standard InChI is InChI=1S/C17H15N3/c1-2-9-20(12-13-7-8-13)17-10-14(11-18)15-5-3-4-6-16(15)19-17/h1,3-6,10,13H,7-9,12H2. The van der Waals surface area contributed by atoms with Crippen molar-refractivity contribution in [2.45, 2.75) is 12.8 Å². The van der Waals surface area contributed by atoms with Crippen molar-refractivity contribution >= 4 is 16.7 Å². The average molecular weight is 261 g/mol. The van der Waals surface area contributed by atoms with Crippen molar-refractivity contribution in [2.75, 3.05) is 18.0 Å². The Kier molecular flexibility index (Phi) is 3.27. The topological polar surface area (TPSA) is 39.9 Å². The Balaban J connectivity index is 2.05. The molecule has 1 fully saturated rings. The van der Waals surface area contributed by atoms with Crippen molar-refractivity contribution < 1.29 is 0 Å². The third kappa shape index (κ3) is 2.44. The third-order valence-electron chi connectivity index (χ3n) is 3.60. The number of aromatic nitrogens is 1. The smallest absolute Gasteiger partial charge is 0.131 e. The molecule has 98 valence electrons. The fraction of sp³-hybridized carbons (Fsp3) is 0.294. The SMILES string of the molecule is C#CCN(CC1CC1)c1cc(C#N)c2ccccc2n1. The van der Waals surface area contributed by atoms with Gasteiger partial charge >= 0.3 is 0 Å². The Hall–Kier alpha value is -2.52. The predicted molar refractivity (Wildman–Crippen MR) is 80.2 cm³/mol. The van der Waals surface area contributed by atoms with Gasteiger partial charge in [0.05, 0.1) is 23.7 Å². The molecule has 2 aromatic rings. The molecule has 20 heavy (non-hydrogen) atoms. The van der Waals surface area contributed by atoms with Crippen LogP contribution in [0.2, 0.25) is 0 Å². The number of fused-ring (bicyclic) bond motifs is 1. The van der Waals surface area contributed by atoms with Crippen molar-refractivity contribution in [3.63, 3.8) is 0 Å². The summed E-state index contributed by atoms with van der Waals surface area (Å²) in [7, 11) is 0. The van der Waals surface area contributed by atoms with E-state index in [9.17, 15) is 5.26 Å². The molecule has 0 aliphatic heterocycles. The van der Waals surface area contributed by atoms with Gasteiger partial charge in [-0.2, -0.15) is 5.26 Å². The molecule has 3 heteroatoms. The van der Waals surface area contributed by atoms with Crippen LogP contribution in [0.1, 0.15) is 18.4 Å². The minimum Gasteiger partial charge on any atom is -0.345 e. The molecule has 0 bridgehead atoms. The highest BCUT2D eigenvalue weighted by molar-refractivity contribution is 5.86. The zero-order valence-electron chi connectivity index (χ0n) is 11.2. The predicted octanol–water partition coefficient (Wildman–Crippen LogP) is 2.96. The minimum atomic E-state index is 0.534. The van der Waals surface area contributed by atoms with Crippen LogP contribution in [0.4, 0.5) is 5.82 Å². The van der Waals surface area contributed by atoms with Crippen molar-refractivity contribution in [1.82, 2.24) is 4.98 Å². The molecule has 0 atom stereocenters. The normalized spacial score (nSPS) is 13.7. The van der Waals surface area contributed by atoms with Crippen LogP contribution in [-0.2, 0) is 0 Å². The van der Waals surface area contributed by atoms with Gasteiger partial charge < -0.3 is 4.90 Å². The van der Waals surface area contributed by atoms with Crippen LogP contribution >= 0.6 is 0 Å². The lowest BCUT2D eigenvalue weighted by Gasteiger charge is -2.21. The summed E-state index contributed by atoms with van der Waals surface area (Å²) in [6.45, 7) is 1.47. The summed E-state index contributed by atoms with van der Waals surface area (Å²) < 4.78 is 0. The molecule has 1 heterocycles. The van der Waals surface area contributed by atoms with Gasteiger partial charge in [0.15, 0.2) is 0 Å². The van der Waals surface area contributed by atoms with E-state index < -0.39 is 0 Å². The number of nitrogens with zero attached hydrogens (tertiary/aromatic N) is 3. The highest BCUT2D eigenvalue weighted by Crippen LogP contribution is 2.31. The number of anilines is 1. The summed E-state index contributed by atoms with van der Waals surface area (Å²) in [5, 5.41) is 10.2. The van der Waals surface area contributed by atoms with E-state index in [1.807, 2.05) is 30.3 Å². The summed E-state index contributed by atoms with van der Waals surface area (Å²) in [4.78, 5) is 6.76. The fourth-order valence-electron chi connectivity index (χ4n) is 2.38. The Morgan fingerprint density at radius 3 is 2.85 bits per heavy atom. The van der Waals surface area contributed by atoms with Crippen LogP contribution in [0.3, 0.4) is 0 Å². The van der Waals surface area contributed by atoms with E-state index in [1.54, 1.807) is 0 Å². The first-order valence-electron chi connectivity index (χ1n) is 6.80. The number of benzene rings is 1. The second kappa shape index (κ2) is 5.23. The molecular weight excluding hydrogens is 246 g/mol. The Labute approximate surface area is 118 Å². The van der Waals surface area contributed by atoms with Gasteiger partial charge in [0.1, 0.15) is 5.82 Å². The molecule has 1 aliphatic carbocycles. The molecule has 0 radical (unpaired) electrons. The van der Waals surface area contributed by atoms with Crippen LogP contribution in [0, 0.1) is 29.6 Å². The molecule has 1 saturated carbocycles. The lowest BCUT2D eigenvalue weighted by Crippen LogP contribution is -2.27. The van der Waals surface area contributed by atoms with E-state index >= 15 is 0 Å². The molecule has 0 unspecified atom stereocenters. The van der Waals surface area contributed by atoms with E-state index in [0.29, 0.717) is 12.1 Å². The number of rotatable bonds is 4. The Morgan fingerprint density at radius 1 is 1.35 bits per heavy atom. The first kappa shape index (κ1) is 12.5. The molecule has 0 amide bonds. The van der Waals surface area contributed by atoms with Crippen molar-refractivity contribution in [2.24, 2.45) is 5.92 Å². The van der Waals surface area contributed by atoms with E-state index in [0.717, 1.165) is 29.2 Å². The molecule has 1 aromatic carbocycles. The number of terminal acetylenes is 1. The van der Waals surface area contributed by atoms with E-state index in [2.05, 4.69) is 21.9 Å². The highest BCUT2D eigenvalue weighted by atomic mass is 15.2. The monoisotopic (exact) mass is 261 g/mol. The average Bonchev–Trinajstić information content (AvgIpc) is 3.29. The summed E-state index contributed by atoms with van der Waals surface area (Å²) in [5.41, 5.74) is 1.50. The van der Waals surface area contributed by atoms with Gasteiger partial charge in [-0.1, -0.05) is 24.1 Å². The summed E-state index contributed by atoms with van der Waals surface area (Å²) >= 11 is 0. The van der Waals surface area contributed by atoms with E-state index in [-0.39, 0.29) is 0 Å². The first-order chi connectivity index (χ1) is 9.81. The molecular formula is C17H15N3. The number of pyridine rings is 1. The van der Waals surface area contributed by atoms with Crippen molar-refractivity contribution in [1.29, 1.82) is 5.26 Å². The Bertz CT molecular complexity index is 717. The molecule has 1 aromatic heterocycles. The number of para-hydroxylation sites is 1. The van der Waals surface area contributed by atoms with Crippen LogP contribution < -0.4 is 4.90 Å². The van der Waals surface area contributed by atoms with E-state index in [1.165, 1.54) is 12.8 Å². The first-order valence-corrected chi connectivity index (χ1v) is 6.80. The maximum atomic E-state index is 9.33. The summed E-state index contributed by atoms with van der Waals surface area (Å²) in [5.74, 6) is 4.22. The maximum absolute atomic E-state index is 9.33.